The Morgan fingerprint density at radius 1 is 1.05 bits per heavy atom. The fourth-order valence-electron chi connectivity index (χ4n) is 1.79. The molecule has 21 heavy (non-hydrogen) atoms. The van der Waals surface area contributed by atoms with E-state index in [1.807, 2.05) is 0 Å². The van der Waals surface area contributed by atoms with Gasteiger partial charge in [-0.15, -0.1) is 0 Å². The van der Waals surface area contributed by atoms with E-state index in [0.717, 1.165) is 6.07 Å². The Labute approximate surface area is 120 Å². The highest BCUT2D eigenvalue weighted by molar-refractivity contribution is 5.96. The number of nitrogens with one attached hydrogen (secondary N) is 1. The average Bonchev–Trinajstić information content (AvgIpc) is 2.47. The summed E-state index contributed by atoms with van der Waals surface area (Å²) in [5.74, 6) is -2.41. The van der Waals surface area contributed by atoms with Crippen LogP contribution in [0.4, 0.5) is 5.69 Å². The first kappa shape index (κ1) is 14.5. The molecule has 0 aliphatic heterocycles. The highest BCUT2D eigenvalue weighted by Crippen LogP contribution is 2.23. The van der Waals surface area contributed by atoms with Gasteiger partial charge in [-0.3, -0.25) is 4.79 Å². The van der Waals surface area contributed by atoms with Gasteiger partial charge in [-0.05, 0) is 17.7 Å². The molecular weight excluding hydrogens is 274 g/mol. The summed E-state index contributed by atoms with van der Waals surface area (Å²) in [5.41, 5.74) is 0.357. The number of carbonyl (C=O) groups excluding carboxylic acids is 1. The third-order valence-electron chi connectivity index (χ3n) is 2.86. The zero-order chi connectivity index (χ0) is 15.4. The van der Waals surface area contributed by atoms with Crippen LogP contribution in [0.15, 0.2) is 48.5 Å². The van der Waals surface area contributed by atoms with Crippen LogP contribution in [0.5, 0.6) is 5.75 Å². The largest absolute Gasteiger partial charge is 0.507 e. The second-order valence-electron chi connectivity index (χ2n) is 4.34. The van der Waals surface area contributed by atoms with Gasteiger partial charge in [0.2, 0.25) is 0 Å². The number of rotatable bonds is 4. The SMILES string of the molecule is O=C(O)c1ccc(NC(=O)C(O)c2ccccc2)cc1O. The van der Waals surface area contributed by atoms with Crippen LogP contribution in [0.2, 0.25) is 0 Å². The molecule has 0 saturated carbocycles. The van der Waals surface area contributed by atoms with Gasteiger partial charge in [-0.1, -0.05) is 30.3 Å². The molecule has 0 aromatic heterocycles. The van der Waals surface area contributed by atoms with E-state index < -0.39 is 23.7 Å². The van der Waals surface area contributed by atoms with E-state index in [-0.39, 0.29) is 11.3 Å². The van der Waals surface area contributed by atoms with E-state index in [9.17, 15) is 19.8 Å². The second kappa shape index (κ2) is 6.06. The van der Waals surface area contributed by atoms with E-state index in [4.69, 9.17) is 5.11 Å². The lowest BCUT2D eigenvalue weighted by atomic mass is 10.1. The quantitative estimate of drug-likeness (QED) is 0.685. The molecule has 1 amide bonds. The van der Waals surface area contributed by atoms with E-state index in [1.54, 1.807) is 30.3 Å². The van der Waals surface area contributed by atoms with Gasteiger partial charge in [-0.25, -0.2) is 4.79 Å². The van der Waals surface area contributed by atoms with Gasteiger partial charge in [0.1, 0.15) is 11.3 Å². The van der Waals surface area contributed by atoms with Crippen LogP contribution < -0.4 is 5.32 Å². The zero-order valence-corrected chi connectivity index (χ0v) is 10.9. The van der Waals surface area contributed by atoms with Gasteiger partial charge in [0.05, 0.1) is 0 Å². The Hall–Kier alpha value is -2.86. The maximum atomic E-state index is 11.9. The number of carboxylic acid groups (broad SMARTS) is 1. The number of hydrogen-bond donors (Lipinski definition) is 4. The molecule has 1 atom stereocenters. The van der Waals surface area contributed by atoms with Crippen LogP contribution in [0.3, 0.4) is 0 Å². The van der Waals surface area contributed by atoms with Crippen LogP contribution in [0.25, 0.3) is 0 Å². The van der Waals surface area contributed by atoms with E-state index in [2.05, 4.69) is 5.32 Å². The molecule has 2 aromatic rings. The normalized spacial score (nSPS) is 11.7. The molecule has 2 rings (SSSR count). The van der Waals surface area contributed by atoms with Gasteiger partial charge >= 0.3 is 5.97 Å². The first-order valence-electron chi connectivity index (χ1n) is 6.09. The molecule has 0 fully saturated rings. The molecule has 2 aromatic carbocycles. The summed E-state index contributed by atoms with van der Waals surface area (Å²) < 4.78 is 0. The van der Waals surface area contributed by atoms with Crippen molar-refractivity contribution in [2.75, 3.05) is 5.32 Å². The summed E-state index contributed by atoms with van der Waals surface area (Å²) in [7, 11) is 0. The van der Waals surface area contributed by atoms with Gasteiger partial charge in [0.15, 0.2) is 6.10 Å². The number of phenols is 1. The topological polar surface area (TPSA) is 107 Å². The van der Waals surface area contributed by atoms with Gasteiger partial charge in [-0.2, -0.15) is 0 Å². The molecule has 108 valence electrons. The van der Waals surface area contributed by atoms with Crippen LogP contribution in [0, 0.1) is 0 Å². The van der Waals surface area contributed by atoms with E-state index in [1.165, 1.54) is 12.1 Å². The molecule has 0 saturated heterocycles. The smallest absolute Gasteiger partial charge is 0.339 e. The van der Waals surface area contributed by atoms with Crippen molar-refractivity contribution in [3.05, 3.63) is 59.7 Å². The average molecular weight is 287 g/mol. The van der Waals surface area contributed by atoms with Crippen molar-refractivity contribution in [2.24, 2.45) is 0 Å². The van der Waals surface area contributed by atoms with Crippen molar-refractivity contribution in [1.82, 2.24) is 0 Å². The number of anilines is 1. The third kappa shape index (κ3) is 3.37. The number of hydrogen-bond acceptors (Lipinski definition) is 4. The van der Waals surface area contributed by atoms with Gasteiger partial charge < -0.3 is 20.6 Å². The molecule has 1 unspecified atom stereocenters. The molecular formula is C15H13NO5. The fourth-order valence-corrected chi connectivity index (χ4v) is 1.79. The number of carboxylic acids is 1. The molecule has 0 aliphatic carbocycles. The lowest BCUT2D eigenvalue weighted by Gasteiger charge is -2.12. The number of benzene rings is 2. The predicted octanol–water partition coefficient (Wildman–Crippen LogP) is 1.76. The molecule has 6 nitrogen and oxygen atoms in total. The molecule has 6 heteroatoms. The van der Waals surface area contributed by atoms with Crippen molar-refractivity contribution in [1.29, 1.82) is 0 Å². The summed E-state index contributed by atoms with van der Waals surface area (Å²) in [5, 5.41) is 30.6. The summed E-state index contributed by atoms with van der Waals surface area (Å²) in [6.45, 7) is 0. The van der Waals surface area contributed by atoms with Gasteiger partial charge in [0, 0.05) is 11.8 Å². The zero-order valence-electron chi connectivity index (χ0n) is 10.9. The number of aliphatic hydroxyl groups excluding tert-OH is 1. The summed E-state index contributed by atoms with van der Waals surface area (Å²) in [6, 6.07) is 12.0. The van der Waals surface area contributed by atoms with E-state index >= 15 is 0 Å². The first-order valence-corrected chi connectivity index (χ1v) is 6.09. The molecule has 0 heterocycles. The fraction of sp³-hybridized carbons (Fsp3) is 0.0667. The minimum Gasteiger partial charge on any atom is -0.507 e. The minimum absolute atomic E-state index is 0.192. The summed E-state index contributed by atoms with van der Waals surface area (Å²) in [4.78, 5) is 22.6. The highest BCUT2D eigenvalue weighted by Gasteiger charge is 2.18. The molecule has 0 spiro atoms. The van der Waals surface area contributed by atoms with E-state index in [0.29, 0.717) is 5.56 Å². The van der Waals surface area contributed by atoms with Crippen LogP contribution >= 0.6 is 0 Å². The van der Waals surface area contributed by atoms with Crippen molar-refractivity contribution >= 4 is 17.6 Å². The minimum atomic E-state index is -1.35. The van der Waals surface area contributed by atoms with Crippen molar-refractivity contribution in [3.8, 4) is 5.75 Å². The molecule has 4 N–H and O–H groups in total. The standard InChI is InChI=1S/C15H13NO5/c17-12-8-10(6-7-11(12)15(20)21)16-14(19)13(18)9-4-2-1-3-5-9/h1-8,13,17-18H,(H,16,19)(H,20,21). The molecule has 0 radical (unpaired) electrons. The number of amides is 1. The summed E-state index contributed by atoms with van der Waals surface area (Å²) >= 11 is 0. The number of carbonyl (C=O) groups is 2. The second-order valence-corrected chi connectivity index (χ2v) is 4.34. The number of aromatic carboxylic acids is 1. The number of aliphatic hydroxyl groups is 1. The Kier molecular flexibility index (Phi) is 4.20. The Morgan fingerprint density at radius 3 is 2.29 bits per heavy atom. The Balaban J connectivity index is 2.13. The summed E-state index contributed by atoms with van der Waals surface area (Å²) in [6.07, 6.45) is -1.35. The van der Waals surface area contributed by atoms with Crippen molar-refractivity contribution < 1.29 is 24.9 Å². The third-order valence-corrected chi connectivity index (χ3v) is 2.86. The number of aromatic hydroxyl groups is 1. The maximum absolute atomic E-state index is 11.9. The first-order chi connectivity index (χ1) is 9.99. The monoisotopic (exact) mass is 287 g/mol. The van der Waals surface area contributed by atoms with Gasteiger partial charge in [0.25, 0.3) is 5.91 Å². The van der Waals surface area contributed by atoms with Crippen LogP contribution in [-0.4, -0.2) is 27.2 Å². The van der Waals surface area contributed by atoms with Crippen molar-refractivity contribution in [3.63, 3.8) is 0 Å². The van der Waals surface area contributed by atoms with Crippen LogP contribution in [0.1, 0.15) is 22.0 Å². The van der Waals surface area contributed by atoms with Crippen molar-refractivity contribution in [2.45, 2.75) is 6.10 Å². The predicted molar refractivity (Wildman–Crippen MR) is 75.1 cm³/mol. The Bertz CT molecular complexity index is 669. The lowest BCUT2D eigenvalue weighted by Crippen LogP contribution is -2.20. The molecule has 0 aliphatic rings. The highest BCUT2D eigenvalue weighted by atomic mass is 16.4. The molecule has 0 bridgehead atoms. The van der Waals surface area contributed by atoms with Crippen LogP contribution in [-0.2, 0) is 4.79 Å². The Morgan fingerprint density at radius 2 is 1.71 bits per heavy atom. The maximum Gasteiger partial charge on any atom is 0.339 e. The lowest BCUT2D eigenvalue weighted by molar-refractivity contribution is -0.124.